The molecule has 1 N–H and O–H groups in total. The van der Waals surface area contributed by atoms with Gasteiger partial charge < -0.3 is 24.4 Å². The first-order valence-corrected chi connectivity index (χ1v) is 11.5. The van der Waals surface area contributed by atoms with E-state index in [0.29, 0.717) is 50.6 Å². The number of nitrogens with zero attached hydrogens (tertiary/aromatic N) is 1. The normalized spacial score (nSPS) is 16.6. The van der Waals surface area contributed by atoms with Crippen LogP contribution in [0.5, 0.6) is 5.75 Å². The number of ether oxygens (including phenoxy) is 3. The highest BCUT2D eigenvalue weighted by molar-refractivity contribution is 5.95. The molecule has 3 rings (SSSR count). The predicted molar refractivity (Wildman–Crippen MR) is 122 cm³/mol. The highest BCUT2D eigenvalue weighted by Crippen LogP contribution is 2.36. The van der Waals surface area contributed by atoms with E-state index in [1.807, 2.05) is 19.1 Å². The van der Waals surface area contributed by atoms with Crippen molar-refractivity contribution < 1.29 is 45.3 Å². The molecule has 1 saturated heterocycles. The molecular formula is C25H28F6N2O4. The van der Waals surface area contributed by atoms with Crippen molar-refractivity contribution >= 4 is 5.91 Å². The monoisotopic (exact) mass is 534 g/mol. The molecule has 0 radical (unpaired) electrons. The largest absolute Gasteiger partial charge is 0.467 e. The van der Waals surface area contributed by atoms with Crippen molar-refractivity contribution in [2.75, 3.05) is 46.8 Å². The lowest BCUT2D eigenvalue weighted by atomic mass is 9.99. The quantitative estimate of drug-likeness (QED) is 0.288. The molecular weight excluding hydrogens is 506 g/mol. The van der Waals surface area contributed by atoms with Crippen LogP contribution in [0.3, 0.4) is 0 Å². The van der Waals surface area contributed by atoms with Gasteiger partial charge in [-0.15, -0.1) is 0 Å². The second-order valence-electron chi connectivity index (χ2n) is 8.62. The molecule has 12 heteroatoms. The number of carbonyl (C=O) groups is 1. The van der Waals surface area contributed by atoms with E-state index in [9.17, 15) is 31.1 Å². The number of halogens is 6. The summed E-state index contributed by atoms with van der Waals surface area (Å²) in [6.07, 6.45) is -9.76. The summed E-state index contributed by atoms with van der Waals surface area (Å²) in [5.74, 6) is -0.331. The number of amides is 1. The molecule has 0 aliphatic carbocycles. The molecule has 6 nitrogen and oxygen atoms in total. The first-order valence-electron chi connectivity index (χ1n) is 11.5. The number of alkyl halides is 6. The van der Waals surface area contributed by atoms with E-state index in [1.54, 1.807) is 13.2 Å². The highest BCUT2D eigenvalue weighted by atomic mass is 19.4. The summed E-state index contributed by atoms with van der Waals surface area (Å²) < 4.78 is 95.7. The van der Waals surface area contributed by atoms with Crippen LogP contribution in [0.15, 0.2) is 36.4 Å². The zero-order valence-corrected chi connectivity index (χ0v) is 20.3. The first kappa shape index (κ1) is 28.7. The molecule has 1 atom stereocenters. The van der Waals surface area contributed by atoms with Crippen molar-refractivity contribution in [1.29, 1.82) is 0 Å². The number of hydrogen-bond acceptors (Lipinski definition) is 5. The summed E-state index contributed by atoms with van der Waals surface area (Å²) in [5.41, 5.74) is -2.08. The van der Waals surface area contributed by atoms with Crippen molar-refractivity contribution in [3.63, 3.8) is 0 Å². The Hall–Kier alpha value is -2.83. The third-order valence-corrected chi connectivity index (χ3v) is 5.90. The van der Waals surface area contributed by atoms with E-state index in [1.165, 1.54) is 4.90 Å². The Balaban J connectivity index is 1.81. The fourth-order valence-corrected chi connectivity index (χ4v) is 3.96. The zero-order chi connectivity index (χ0) is 27.2. The molecule has 1 amide bonds. The summed E-state index contributed by atoms with van der Waals surface area (Å²) in [6, 6.07) is 5.88. The van der Waals surface area contributed by atoms with E-state index in [2.05, 4.69) is 5.32 Å². The summed E-state index contributed by atoms with van der Waals surface area (Å²) in [7, 11) is 1.55. The first-order chi connectivity index (χ1) is 17.4. The number of piperazine rings is 1. The summed E-state index contributed by atoms with van der Waals surface area (Å²) >= 11 is 0. The topological polar surface area (TPSA) is 60.0 Å². The average Bonchev–Trinajstić information content (AvgIpc) is 2.84. The van der Waals surface area contributed by atoms with Crippen molar-refractivity contribution in [3.8, 4) is 5.75 Å². The van der Waals surface area contributed by atoms with Crippen molar-refractivity contribution in [2.24, 2.45) is 0 Å². The predicted octanol–water partition coefficient (Wildman–Crippen LogP) is 4.69. The smallest absolute Gasteiger partial charge is 0.416 e. The Morgan fingerprint density at radius 3 is 2.32 bits per heavy atom. The SMILES string of the molecule is COCCOCOc1cc(C[C@@H]2CNCCN2C(=O)c2cc(C(F)(F)F)cc(C(F)(F)F)c2)ccc1C. The van der Waals surface area contributed by atoms with E-state index in [0.717, 1.165) is 11.1 Å². The van der Waals surface area contributed by atoms with Crippen LogP contribution in [0.2, 0.25) is 0 Å². The lowest BCUT2D eigenvalue weighted by Gasteiger charge is -2.36. The number of methoxy groups -OCH3 is 1. The lowest BCUT2D eigenvalue weighted by molar-refractivity contribution is -0.143. The van der Waals surface area contributed by atoms with Crippen molar-refractivity contribution in [1.82, 2.24) is 10.2 Å². The Kier molecular flexibility index (Phi) is 9.43. The van der Waals surface area contributed by atoms with Crippen LogP contribution in [0.4, 0.5) is 26.3 Å². The van der Waals surface area contributed by atoms with Crippen LogP contribution in [0.1, 0.15) is 32.6 Å². The minimum atomic E-state index is -5.04. The Bertz CT molecular complexity index is 1040. The molecule has 0 saturated carbocycles. The van der Waals surface area contributed by atoms with Crippen LogP contribution in [-0.2, 0) is 28.2 Å². The molecule has 2 aromatic carbocycles. The molecule has 1 aliphatic rings. The molecule has 2 aromatic rings. The van der Waals surface area contributed by atoms with Gasteiger partial charge in [0.2, 0.25) is 0 Å². The van der Waals surface area contributed by atoms with E-state index < -0.39 is 41.0 Å². The number of hydrogen-bond donors (Lipinski definition) is 1. The van der Waals surface area contributed by atoms with Gasteiger partial charge in [-0.1, -0.05) is 12.1 Å². The number of rotatable bonds is 9. The minimum Gasteiger partial charge on any atom is -0.467 e. The molecule has 0 unspecified atom stereocenters. The van der Waals surface area contributed by atoms with E-state index in [4.69, 9.17) is 14.2 Å². The minimum absolute atomic E-state index is 0.000330. The Morgan fingerprint density at radius 2 is 1.70 bits per heavy atom. The number of carbonyl (C=O) groups excluding carboxylic acids is 1. The molecule has 1 heterocycles. The number of benzene rings is 2. The fraction of sp³-hybridized carbons (Fsp3) is 0.480. The average molecular weight is 534 g/mol. The van der Waals surface area contributed by atoms with Gasteiger partial charge in [0.1, 0.15) is 5.75 Å². The van der Waals surface area contributed by atoms with Gasteiger partial charge in [0.25, 0.3) is 5.91 Å². The molecule has 0 aromatic heterocycles. The summed E-state index contributed by atoms with van der Waals surface area (Å²) in [5, 5.41) is 3.13. The van der Waals surface area contributed by atoms with Gasteiger partial charge in [-0.2, -0.15) is 26.3 Å². The molecule has 1 fully saturated rings. The second-order valence-corrected chi connectivity index (χ2v) is 8.62. The Labute approximate surface area is 210 Å². The molecule has 204 valence electrons. The molecule has 1 aliphatic heterocycles. The van der Waals surface area contributed by atoms with Gasteiger partial charge in [-0.3, -0.25) is 4.79 Å². The highest BCUT2D eigenvalue weighted by Gasteiger charge is 2.38. The van der Waals surface area contributed by atoms with Gasteiger partial charge in [-0.05, 0) is 48.7 Å². The van der Waals surface area contributed by atoms with Crippen LogP contribution in [-0.4, -0.2) is 63.6 Å². The van der Waals surface area contributed by atoms with Gasteiger partial charge >= 0.3 is 12.4 Å². The summed E-state index contributed by atoms with van der Waals surface area (Å²) in [4.78, 5) is 14.5. The molecule has 37 heavy (non-hydrogen) atoms. The molecule has 0 spiro atoms. The Morgan fingerprint density at radius 1 is 1.03 bits per heavy atom. The maximum Gasteiger partial charge on any atom is 0.416 e. The standard InChI is InChI=1S/C25H28F6N2O4/c1-16-3-4-17(10-22(16)37-15-36-8-7-35-2)9-21-14-32-5-6-33(21)23(34)18-11-19(24(26,27)28)13-20(12-18)25(29,30)31/h3-4,10-13,21,32H,5-9,14-15H2,1-2H3/t21-/m1/s1. The zero-order valence-electron chi connectivity index (χ0n) is 20.3. The number of nitrogens with one attached hydrogen (secondary N) is 1. The van der Waals surface area contributed by atoms with E-state index >= 15 is 0 Å². The second kappa shape index (κ2) is 12.1. The maximum absolute atomic E-state index is 13.3. The lowest BCUT2D eigenvalue weighted by Crippen LogP contribution is -2.54. The summed E-state index contributed by atoms with van der Waals surface area (Å²) in [6.45, 7) is 3.42. The van der Waals surface area contributed by atoms with Gasteiger partial charge in [-0.25, -0.2) is 0 Å². The van der Waals surface area contributed by atoms with Crippen molar-refractivity contribution in [3.05, 3.63) is 64.2 Å². The van der Waals surface area contributed by atoms with Gasteiger partial charge in [0.15, 0.2) is 6.79 Å². The third-order valence-electron chi connectivity index (χ3n) is 5.90. The molecule has 0 bridgehead atoms. The van der Waals surface area contributed by atoms with Gasteiger partial charge in [0.05, 0.1) is 24.3 Å². The third kappa shape index (κ3) is 7.83. The van der Waals surface area contributed by atoms with Gasteiger partial charge in [0, 0.05) is 38.3 Å². The maximum atomic E-state index is 13.3. The van der Waals surface area contributed by atoms with Crippen LogP contribution < -0.4 is 10.1 Å². The number of aryl methyl sites for hydroxylation is 1. The van der Waals surface area contributed by atoms with Crippen LogP contribution >= 0.6 is 0 Å². The van der Waals surface area contributed by atoms with E-state index in [-0.39, 0.29) is 19.4 Å². The van der Waals surface area contributed by atoms with Crippen LogP contribution in [0, 0.1) is 6.92 Å². The van der Waals surface area contributed by atoms with Crippen molar-refractivity contribution in [2.45, 2.75) is 31.7 Å². The fourth-order valence-electron chi connectivity index (χ4n) is 3.96. The van der Waals surface area contributed by atoms with Crippen LogP contribution in [0.25, 0.3) is 0 Å².